The van der Waals surface area contributed by atoms with Crippen LogP contribution in [-0.4, -0.2) is 54.8 Å². The Morgan fingerprint density at radius 3 is 2.40 bits per heavy atom. The van der Waals surface area contributed by atoms with E-state index < -0.39 is 5.97 Å². The second-order valence-electron chi connectivity index (χ2n) is 5.60. The van der Waals surface area contributed by atoms with Crippen molar-refractivity contribution in [3.8, 4) is 11.5 Å². The van der Waals surface area contributed by atoms with Gasteiger partial charge in [0, 0.05) is 23.7 Å². The number of methoxy groups -OCH3 is 3. The summed E-state index contributed by atoms with van der Waals surface area (Å²) in [5.41, 5.74) is 2.31. The van der Waals surface area contributed by atoms with Crippen molar-refractivity contribution in [3.05, 3.63) is 40.7 Å². The molecular weight excluding hydrogens is 326 g/mol. The molecule has 2 aromatic rings. The van der Waals surface area contributed by atoms with Crippen molar-refractivity contribution in [3.63, 3.8) is 0 Å². The highest BCUT2D eigenvalue weighted by Gasteiger charge is 2.28. The van der Waals surface area contributed by atoms with E-state index in [1.54, 1.807) is 23.1 Å². The summed E-state index contributed by atoms with van der Waals surface area (Å²) in [6.45, 7) is 0.826. The molecule has 0 fully saturated rings. The molecule has 0 bridgehead atoms. The van der Waals surface area contributed by atoms with Crippen LogP contribution in [0.5, 0.6) is 11.5 Å². The van der Waals surface area contributed by atoms with E-state index in [1.807, 2.05) is 0 Å². The molecule has 1 aromatic heterocycles. The molecule has 1 aliphatic rings. The quantitative estimate of drug-likeness (QED) is 0.842. The first-order valence-corrected chi connectivity index (χ1v) is 7.74. The van der Waals surface area contributed by atoms with Gasteiger partial charge in [-0.05, 0) is 18.6 Å². The first-order valence-electron chi connectivity index (χ1n) is 7.74. The summed E-state index contributed by atoms with van der Waals surface area (Å²) >= 11 is 0. The van der Waals surface area contributed by atoms with Crippen LogP contribution >= 0.6 is 0 Å². The van der Waals surface area contributed by atoms with Crippen molar-refractivity contribution in [2.75, 3.05) is 27.9 Å². The van der Waals surface area contributed by atoms with E-state index in [0.29, 0.717) is 36.6 Å². The zero-order valence-corrected chi connectivity index (χ0v) is 14.3. The topological polar surface area (TPSA) is 93.8 Å². The molecule has 1 N–H and O–H groups in total. The van der Waals surface area contributed by atoms with Crippen molar-refractivity contribution in [2.45, 2.75) is 13.0 Å². The Labute approximate surface area is 144 Å². The van der Waals surface area contributed by atoms with E-state index in [1.165, 1.54) is 21.3 Å². The van der Waals surface area contributed by atoms with Gasteiger partial charge >= 0.3 is 5.97 Å². The van der Waals surface area contributed by atoms with Crippen LogP contribution in [0.3, 0.4) is 0 Å². The van der Waals surface area contributed by atoms with Gasteiger partial charge in [-0.2, -0.15) is 5.10 Å². The number of aromatic nitrogens is 2. The molecule has 8 heteroatoms. The Hall–Kier alpha value is -3.03. The van der Waals surface area contributed by atoms with Gasteiger partial charge in [-0.15, -0.1) is 0 Å². The summed E-state index contributed by atoms with van der Waals surface area (Å²) in [5, 5.41) is 6.84. The number of nitrogens with zero attached hydrogens (tertiary/aromatic N) is 2. The molecule has 2 heterocycles. The third-order valence-electron chi connectivity index (χ3n) is 4.20. The fourth-order valence-corrected chi connectivity index (χ4v) is 2.87. The van der Waals surface area contributed by atoms with Crippen LogP contribution in [0.2, 0.25) is 0 Å². The van der Waals surface area contributed by atoms with Crippen molar-refractivity contribution in [1.82, 2.24) is 15.1 Å². The van der Waals surface area contributed by atoms with E-state index in [4.69, 9.17) is 14.2 Å². The molecule has 132 valence electrons. The van der Waals surface area contributed by atoms with Crippen LogP contribution in [0.4, 0.5) is 0 Å². The standard InChI is InChI=1S/C17H19N3O5/c1-23-11-6-10(7-12(8-11)24-2)16(21)20-5-4-13-14(9-20)18-19-15(13)17(22)25-3/h6-8H,4-5,9H2,1-3H3,(H,18,19). The second kappa shape index (κ2) is 6.84. The lowest BCUT2D eigenvalue weighted by molar-refractivity contribution is 0.0592. The van der Waals surface area contributed by atoms with Crippen molar-refractivity contribution < 1.29 is 23.8 Å². The number of H-pyrrole nitrogens is 1. The van der Waals surface area contributed by atoms with E-state index in [9.17, 15) is 9.59 Å². The first-order chi connectivity index (χ1) is 12.1. The van der Waals surface area contributed by atoms with Crippen molar-refractivity contribution >= 4 is 11.9 Å². The lowest BCUT2D eigenvalue weighted by Crippen LogP contribution is -2.36. The maximum absolute atomic E-state index is 12.8. The molecule has 0 aliphatic carbocycles. The van der Waals surface area contributed by atoms with E-state index in [2.05, 4.69) is 10.2 Å². The maximum atomic E-state index is 12.8. The van der Waals surface area contributed by atoms with Crippen LogP contribution in [0, 0.1) is 0 Å². The normalized spacial score (nSPS) is 13.2. The molecule has 3 rings (SSSR count). The molecule has 0 unspecified atom stereocenters. The lowest BCUT2D eigenvalue weighted by Gasteiger charge is -2.27. The molecule has 8 nitrogen and oxygen atoms in total. The van der Waals surface area contributed by atoms with Crippen molar-refractivity contribution in [1.29, 1.82) is 0 Å². The number of amides is 1. The molecule has 0 atom stereocenters. The number of carbonyl (C=O) groups excluding carboxylic acids is 2. The van der Waals surface area contributed by atoms with E-state index in [0.717, 1.165) is 11.3 Å². The Kier molecular flexibility index (Phi) is 4.60. The highest BCUT2D eigenvalue weighted by atomic mass is 16.5. The molecule has 0 radical (unpaired) electrons. The fraction of sp³-hybridized carbons (Fsp3) is 0.353. The Morgan fingerprint density at radius 1 is 1.12 bits per heavy atom. The minimum absolute atomic E-state index is 0.142. The van der Waals surface area contributed by atoms with Crippen LogP contribution in [0.25, 0.3) is 0 Å². The number of nitrogens with one attached hydrogen (secondary N) is 1. The molecule has 1 amide bonds. The highest BCUT2D eigenvalue weighted by molar-refractivity contribution is 5.95. The number of ether oxygens (including phenoxy) is 3. The van der Waals surface area contributed by atoms with E-state index in [-0.39, 0.29) is 11.6 Å². The largest absolute Gasteiger partial charge is 0.497 e. The molecule has 0 saturated carbocycles. The molecule has 0 saturated heterocycles. The summed E-state index contributed by atoms with van der Waals surface area (Å²) < 4.78 is 15.2. The van der Waals surface area contributed by atoms with Gasteiger partial charge in [0.1, 0.15) is 11.5 Å². The van der Waals surface area contributed by atoms with Gasteiger partial charge in [0.2, 0.25) is 0 Å². The van der Waals surface area contributed by atoms with E-state index >= 15 is 0 Å². The number of hydrogen-bond donors (Lipinski definition) is 1. The van der Waals surface area contributed by atoms with Crippen LogP contribution < -0.4 is 9.47 Å². The molecular formula is C17H19N3O5. The molecule has 1 aromatic carbocycles. The van der Waals surface area contributed by atoms with Crippen LogP contribution in [-0.2, 0) is 17.7 Å². The van der Waals surface area contributed by atoms with Gasteiger partial charge in [0.15, 0.2) is 5.69 Å². The van der Waals surface area contributed by atoms with Gasteiger partial charge in [0.25, 0.3) is 5.91 Å². The third-order valence-corrected chi connectivity index (χ3v) is 4.20. The predicted octanol–water partition coefficient (Wildman–Crippen LogP) is 1.41. The second-order valence-corrected chi connectivity index (χ2v) is 5.60. The number of carbonyl (C=O) groups is 2. The number of esters is 1. The summed E-state index contributed by atoms with van der Waals surface area (Å²) in [4.78, 5) is 26.2. The third kappa shape index (κ3) is 3.15. The Balaban J connectivity index is 1.83. The first kappa shape index (κ1) is 16.8. The van der Waals surface area contributed by atoms with Gasteiger partial charge in [-0.25, -0.2) is 4.79 Å². The summed E-state index contributed by atoms with van der Waals surface area (Å²) in [6, 6.07) is 5.06. The molecule has 25 heavy (non-hydrogen) atoms. The van der Waals surface area contributed by atoms with Gasteiger partial charge < -0.3 is 19.1 Å². The minimum atomic E-state index is -0.477. The zero-order valence-electron chi connectivity index (χ0n) is 14.3. The number of hydrogen-bond acceptors (Lipinski definition) is 6. The van der Waals surface area contributed by atoms with Gasteiger partial charge in [-0.1, -0.05) is 0 Å². The number of aromatic amines is 1. The Bertz CT molecular complexity index is 792. The summed E-state index contributed by atoms with van der Waals surface area (Å²) in [5.74, 6) is 0.483. The number of rotatable bonds is 4. The molecule has 0 spiro atoms. The number of benzene rings is 1. The fourth-order valence-electron chi connectivity index (χ4n) is 2.87. The maximum Gasteiger partial charge on any atom is 0.358 e. The van der Waals surface area contributed by atoms with Gasteiger partial charge in [-0.3, -0.25) is 9.89 Å². The van der Waals surface area contributed by atoms with Crippen molar-refractivity contribution in [2.24, 2.45) is 0 Å². The smallest absolute Gasteiger partial charge is 0.358 e. The van der Waals surface area contributed by atoms with Crippen LogP contribution in [0.1, 0.15) is 32.1 Å². The SMILES string of the molecule is COC(=O)c1n[nH]c2c1CCN(C(=O)c1cc(OC)cc(OC)c1)C2. The average Bonchev–Trinajstić information content (AvgIpc) is 3.09. The Morgan fingerprint density at radius 2 is 1.80 bits per heavy atom. The highest BCUT2D eigenvalue weighted by Crippen LogP contribution is 2.26. The summed E-state index contributed by atoms with van der Waals surface area (Å²) in [6.07, 6.45) is 0.531. The monoisotopic (exact) mass is 345 g/mol. The van der Waals surface area contributed by atoms with Gasteiger partial charge in [0.05, 0.1) is 33.6 Å². The predicted molar refractivity (Wildman–Crippen MR) is 87.9 cm³/mol. The summed E-state index contributed by atoms with van der Waals surface area (Å²) in [7, 11) is 4.39. The minimum Gasteiger partial charge on any atom is -0.497 e. The zero-order chi connectivity index (χ0) is 18.0. The lowest BCUT2D eigenvalue weighted by atomic mass is 10.0. The average molecular weight is 345 g/mol. The number of fused-ring (bicyclic) bond motifs is 1. The molecule has 1 aliphatic heterocycles. The van der Waals surface area contributed by atoms with Crippen LogP contribution in [0.15, 0.2) is 18.2 Å².